The number of aryl methyl sites for hydroxylation is 2. The molecule has 2 aromatic rings. The van der Waals surface area contributed by atoms with Gasteiger partial charge in [0.15, 0.2) is 0 Å². The molecule has 0 amide bonds. The first kappa shape index (κ1) is 14.9. The summed E-state index contributed by atoms with van der Waals surface area (Å²) in [6.45, 7) is 4.07. The highest BCUT2D eigenvalue weighted by atomic mass is 79.9. The molecule has 20 heavy (non-hydrogen) atoms. The van der Waals surface area contributed by atoms with Gasteiger partial charge in [0.2, 0.25) is 0 Å². The minimum atomic E-state index is -0.340. The van der Waals surface area contributed by atoms with Crippen LogP contribution in [0.25, 0.3) is 0 Å². The Balaban J connectivity index is 2.07. The minimum absolute atomic E-state index is 0.0227. The molecule has 0 N–H and O–H groups in total. The van der Waals surface area contributed by atoms with Gasteiger partial charge in [0.25, 0.3) is 0 Å². The Kier molecular flexibility index (Phi) is 4.71. The molecule has 0 aromatic heterocycles. The van der Waals surface area contributed by atoms with Crippen molar-refractivity contribution in [1.82, 2.24) is 0 Å². The fraction of sp³-hybridized carbons (Fsp3) is 0.235. The van der Waals surface area contributed by atoms with E-state index < -0.39 is 0 Å². The fourth-order valence-electron chi connectivity index (χ4n) is 2.08. The molecule has 0 saturated carbocycles. The Morgan fingerprint density at radius 1 is 1.05 bits per heavy atom. The molecule has 0 aliphatic rings. The van der Waals surface area contributed by atoms with Crippen LogP contribution in [0.15, 0.2) is 40.9 Å². The van der Waals surface area contributed by atoms with Gasteiger partial charge in [-0.05, 0) is 48.2 Å². The van der Waals surface area contributed by atoms with Crippen LogP contribution in [0.4, 0.5) is 4.39 Å². The van der Waals surface area contributed by atoms with Crippen molar-refractivity contribution in [3.05, 3.63) is 68.9 Å². The van der Waals surface area contributed by atoms with Crippen molar-refractivity contribution in [2.45, 2.75) is 26.7 Å². The lowest BCUT2D eigenvalue weighted by molar-refractivity contribution is -0.117. The number of carbonyl (C=O) groups is 1. The zero-order valence-electron chi connectivity index (χ0n) is 11.5. The number of halogens is 2. The van der Waals surface area contributed by atoms with Crippen LogP contribution in [-0.4, -0.2) is 5.78 Å². The maximum absolute atomic E-state index is 13.7. The van der Waals surface area contributed by atoms with Gasteiger partial charge in [0.1, 0.15) is 11.6 Å². The Hall–Kier alpha value is -1.48. The Labute approximate surface area is 127 Å². The first-order valence-electron chi connectivity index (χ1n) is 6.47. The summed E-state index contributed by atoms with van der Waals surface area (Å²) in [7, 11) is 0. The molecule has 3 heteroatoms. The quantitative estimate of drug-likeness (QED) is 0.801. The fourth-order valence-corrected chi connectivity index (χ4v) is 2.41. The van der Waals surface area contributed by atoms with E-state index in [0.717, 1.165) is 5.56 Å². The van der Waals surface area contributed by atoms with E-state index in [4.69, 9.17) is 0 Å². The van der Waals surface area contributed by atoms with Crippen molar-refractivity contribution in [3.63, 3.8) is 0 Å². The second-order valence-corrected chi connectivity index (χ2v) is 5.96. The molecule has 2 aromatic carbocycles. The second kappa shape index (κ2) is 6.31. The lowest BCUT2D eigenvalue weighted by Crippen LogP contribution is -2.08. The van der Waals surface area contributed by atoms with Crippen LogP contribution in [0.5, 0.6) is 0 Å². The molecule has 0 bridgehead atoms. The Bertz CT molecular complexity index is 649. The van der Waals surface area contributed by atoms with Gasteiger partial charge in [0, 0.05) is 17.3 Å². The van der Waals surface area contributed by atoms with Crippen LogP contribution in [0, 0.1) is 19.7 Å². The van der Waals surface area contributed by atoms with E-state index in [9.17, 15) is 9.18 Å². The largest absolute Gasteiger partial charge is 0.299 e. The zero-order chi connectivity index (χ0) is 14.7. The predicted molar refractivity (Wildman–Crippen MR) is 82.4 cm³/mol. The van der Waals surface area contributed by atoms with Gasteiger partial charge in [-0.1, -0.05) is 40.2 Å². The lowest BCUT2D eigenvalue weighted by Gasteiger charge is -2.06. The van der Waals surface area contributed by atoms with Crippen LogP contribution in [0.2, 0.25) is 0 Å². The summed E-state index contributed by atoms with van der Waals surface area (Å²) < 4.78 is 14.4. The molecule has 104 valence electrons. The number of carbonyl (C=O) groups excluding carboxylic acids is 1. The minimum Gasteiger partial charge on any atom is -0.299 e. The highest BCUT2D eigenvalue weighted by molar-refractivity contribution is 9.10. The van der Waals surface area contributed by atoms with Gasteiger partial charge in [-0.3, -0.25) is 4.79 Å². The monoisotopic (exact) mass is 334 g/mol. The molecule has 0 radical (unpaired) electrons. The van der Waals surface area contributed by atoms with Crippen LogP contribution in [0.1, 0.15) is 22.3 Å². The van der Waals surface area contributed by atoms with E-state index in [-0.39, 0.29) is 18.0 Å². The third-order valence-electron chi connectivity index (χ3n) is 3.38. The summed E-state index contributed by atoms with van der Waals surface area (Å²) in [6, 6.07) is 10.8. The average Bonchev–Trinajstić information content (AvgIpc) is 2.37. The van der Waals surface area contributed by atoms with Gasteiger partial charge in [0.05, 0.1) is 0 Å². The van der Waals surface area contributed by atoms with E-state index in [1.54, 1.807) is 12.1 Å². The summed E-state index contributed by atoms with van der Waals surface area (Å²) in [5.74, 6) is -0.317. The summed E-state index contributed by atoms with van der Waals surface area (Å²) in [4.78, 5) is 12.0. The third kappa shape index (κ3) is 3.76. The van der Waals surface area contributed by atoms with Gasteiger partial charge in [-0.25, -0.2) is 4.39 Å². The second-order valence-electron chi connectivity index (χ2n) is 5.05. The number of ketones is 1. The number of rotatable bonds is 4. The van der Waals surface area contributed by atoms with Crippen molar-refractivity contribution in [1.29, 1.82) is 0 Å². The molecule has 0 fully saturated rings. The Morgan fingerprint density at radius 3 is 2.45 bits per heavy atom. The molecule has 0 saturated heterocycles. The SMILES string of the molecule is Cc1ccc(CC(=O)Cc2ccc(Br)cc2F)cc1C. The number of Topliss-reactive ketones (excluding diaryl/α,β-unsaturated/α-hetero) is 1. The predicted octanol–water partition coefficient (Wildman–Crippen LogP) is 4.56. The van der Waals surface area contributed by atoms with Crippen molar-refractivity contribution in [2.24, 2.45) is 0 Å². The molecule has 0 unspecified atom stereocenters. The van der Waals surface area contributed by atoms with Crippen LogP contribution in [0.3, 0.4) is 0 Å². The first-order chi connectivity index (χ1) is 9.45. The van der Waals surface area contributed by atoms with E-state index in [1.807, 2.05) is 32.0 Å². The van der Waals surface area contributed by atoms with Crippen molar-refractivity contribution >= 4 is 21.7 Å². The van der Waals surface area contributed by atoms with E-state index in [0.29, 0.717) is 16.5 Å². The topological polar surface area (TPSA) is 17.1 Å². The standard InChI is InChI=1S/C17H16BrFO/c1-11-3-4-13(7-12(11)2)8-16(20)9-14-5-6-15(18)10-17(14)19/h3-7,10H,8-9H2,1-2H3. The summed E-state index contributed by atoms with van der Waals surface area (Å²) in [5, 5.41) is 0. The molecule has 0 spiro atoms. The smallest absolute Gasteiger partial charge is 0.141 e. The molecule has 0 aliphatic heterocycles. The van der Waals surface area contributed by atoms with Gasteiger partial charge < -0.3 is 0 Å². The van der Waals surface area contributed by atoms with E-state index in [2.05, 4.69) is 15.9 Å². The molecule has 0 atom stereocenters. The number of hydrogen-bond acceptors (Lipinski definition) is 1. The van der Waals surface area contributed by atoms with E-state index >= 15 is 0 Å². The van der Waals surface area contributed by atoms with Gasteiger partial charge >= 0.3 is 0 Å². The molecular weight excluding hydrogens is 319 g/mol. The molecule has 2 rings (SSSR count). The summed E-state index contributed by atoms with van der Waals surface area (Å²) >= 11 is 3.21. The van der Waals surface area contributed by atoms with Crippen molar-refractivity contribution < 1.29 is 9.18 Å². The zero-order valence-corrected chi connectivity index (χ0v) is 13.1. The molecule has 1 nitrogen and oxygen atoms in total. The maximum Gasteiger partial charge on any atom is 0.141 e. The normalized spacial score (nSPS) is 10.6. The lowest BCUT2D eigenvalue weighted by atomic mass is 9.99. The summed E-state index contributed by atoms with van der Waals surface area (Å²) in [6.07, 6.45) is 0.475. The van der Waals surface area contributed by atoms with Gasteiger partial charge in [-0.15, -0.1) is 0 Å². The molecule has 0 heterocycles. The first-order valence-corrected chi connectivity index (χ1v) is 7.27. The molecular formula is C17H16BrFO. The number of benzene rings is 2. The van der Waals surface area contributed by atoms with Crippen LogP contribution < -0.4 is 0 Å². The Morgan fingerprint density at radius 2 is 1.80 bits per heavy atom. The van der Waals surface area contributed by atoms with E-state index in [1.165, 1.54) is 17.2 Å². The highest BCUT2D eigenvalue weighted by Crippen LogP contribution is 2.17. The maximum atomic E-state index is 13.7. The summed E-state index contributed by atoms with van der Waals surface area (Å²) in [5.41, 5.74) is 3.81. The van der Waals surface area contributed by atoms with Crippen LogP contribution in [-0.2, 0) is 17.6 Å². The third-order valence-corrected chi connectivity index (χ3v) is 3.87. The van der Waals surface area contributed by atoms with Crippen LogP contribution >= 0.6 is 15.9 Å². The highest BCUT2D eigenvalue weighted by Gasteiger charge is 2.10. The van der Waals surface area contributed by atoms with Gasteiger partial charge in [-0.2, -0.15) is 0 Å². The molecule has 0 aliphatic carbocycles. The van der Waals surface area contributed by atoms with Crippen molar-refractivity contribution in [3.8, 4) is 0 Å². The van der Waals surface area contributed by atoms with Crippen molar-refractivity contribution in [2.75, 3.05) is 0 Å². The average molecular weight is 335 g/mol. The number of hydrogen-bond donors (Lipinski definition) is 0.